The van der Waals surface area contributed by atoms with Crippen molar-refractivity contribution in [2.75, 3.05) is 13.2 Å². The van der Waals surface area contributed by atoms with Crippen LogP contribution in [0.25, 0.3) is 0 Å². The topological polar surface area (TPSA) is 78.9 Å². The van der Waals surface area contributed by atoms with Gasteiger partial charge in [-0.2, -0.15) is 0 Å². The molecule has 81 heavy (non-hydrogen) atoms. The number of unbranched alkanes of at least 4 members (excludes halogenated alkanes) is 45. The van der Waals surface area contributed by atoms with Crippen molar-refractivity contribution in [3.63, 3.8) is 0 Å². The predicted octanol–water partition coefficient (Wildman–Crippen LogP) is 24.7. The van der Waals surface area contributed by atoms with Crippen molar-refractivity contribution in [1.82, 2.24) is 0 Å². The molecule has 0 bridgehead atoms. The maximum absolute atomic E-state index is 12.9. The first-order chi connectivity index (χ1) is 40.0. The molecule has 0 aromatic heterocycles. The Balaban J connectivity index is 4.17. The van der Waals surface area contributed by atoms with Crippen molar-refractivity contribution in [3.8, 4) is 0 Å². The van der Waals surface area contributed by atoms with Crippen LogP contribution in [0, 0.1) is 0 Å². The van der Waals surface area contributed by atoms with E-state index in [4.69, 9.17) is 14.2 Å². The largest absolute Gasteiger partial charge is 0.462 e. The zero-order valence-corrected chi connectivity index (χ0v) is 54.3. The maximum atomic E-state index is 12.9. The molecule has 0 aromatic rings. The Kier molecular flexibility index (Phi) is 67.1. The summed E-state index contributed by atoms with van der Waals surface area (Å²) in [5.41, 5.74) is 0. The number of esters is 3. The van der Waals surface area contributed by atoms with Crippen LogP contribution in [0.15, 0.2) is 60.8 Å². The molecule has 0 radical (unpaired) electrons. The van der Waals surface area contributed by atoms with E-state index in [1.54, 1.807) is 0 Å². The minimum atomic E-state index is -0.778. The molecule has 0 aromatic carbocycles. The molecule has 0 spiro atoms. The highest BCUT2D eigenvalue weighted by Gasteiger charge is 2.19. The Morgan fingerprint density at radius 3 is 0.802 bits per heavy atom. The molecule has 6 heteroatoms. The number of carbonyl (C=O) groups excluding carboxylic acids is 3. The fraction of sp³-hybridized carbons (Fsp3) is 0.827. The molecule has 6 nitrogen and oxygen atoms in total. The zero-order valence-electron chi connectivity index (χ0n) is 54.3. The van der Waals surface area contributed by atoms with E-state index >= 15 is 0 Å². The van der Waals surface area contributed by atoms with Crippen LogP contribution in [0.4, 0.5) is 0 Å². The lowest BCUT2D eigenvalue weighted by molar-refractivity contribution is -0.167. The van der Waals surface area contributed by atoms with Crippen LogP contribution in [0.1, 0.15) is 380 Å². The molecular formula is C75H136O6. The molecule has 472 valence electrons. The highest BCUT2D eigenvalue weighted by molar-refractivity contribution is 5.71. The number of ether oxygens (including phenoxy) is 3. The number of carbonyl (C=O) groups is 3. The van der Waals surface area contributed by atoms with E-state index in [0.29, 0.717) is 19.3 Å². The fourth-order valence-corrected chi connectivity index (χ4v) is 10.7. The minimum Gasteiger partial charge on any atom is -0.462 e. The van der Waals surface area contributed by atoms with Crippen LogP contribution in [-0.2, 0) is 28.6 Å². The van der Waals surface area contributed by atoms with E-state index in [1.165, 1.54) is 250 Å². The Morgan fingerprint density at radius 1 is 0.259 bits per heavy atom. The summed E-state index contributed by atoms with van der Waals surface area (Å²) in [6.45, 7) is 6.54. The summed E-state index contributed by atoms with van der Waals surface area (Å²) in [6.07, 6.45) is 89.8. The Hall–Kier alpha value is -2.89. The first kappa shape index (κ1) is 78.1. The normalized spacial score (nSPS) is 12.4. The summed E-state index contributed by atoms with van der Waals surface area (Å²) in [5, 5.41) is 0. The van der Waals surface area contributed by atoms with Gasteiger partial charge >= 0.3 is 17.9 Å². The first-order valence-corrected chi connectivity index (χ1v) is 35.8. The van der Waals surface area contributed by atoms with Crippen LogP contribution in [0.5, 0.6) is 0 Å². The average Bonchev–Trinajstić information content (AvgIpc) is 3.47. The van der Waals surface area contributed by atoms with E-state index in [1.807, 2.05) is 0 Å². The van der Waals surface area contributed by atoms with E-state index in [-0.39, 0.29) is 31.1 Å². The molecule has 0 amide bonds. The molecule has 0 saturated heterocycles. The van der Waals surface area contributed by atoms with Crippen LogP contribution in [-0.4, -0.2) is 37.2 Å². The third kappa shape index (κ3) is 67.8. The molecule has 0 N–H and O–H groups in total. The third-order valence-electron chi connectivity index (χ3n) is 16.0. The molecule has 0 fully saturated rings. The monoisotopic (exact) mass is 1130 g/mol. The molecule has 0 aliphatic heterocycles. The van der Waals surface area contributed by atoms with Crippen LogP contribution in [0.3, 0.4) is 0 Å². The van der Waals surface area contributed by atoms with Gasteiger partial charge in [0.1, 0.15) is 13.2 Å². The number of allylic oxidation sites excluding steroid dienone is 10. The fourth-order valence-electron chi connectivity index (χ4n) is 10.7. The van der Waals surface area contributed by atoms with Gasteiger partial charge in [-0.05, 0) is 77.0 Å². The lowest BCUT2D eigenvalue weighted by Gasteiger charge is -2.18. The van der Waals surface area contributed by atoms with Crippen molar-refractivity contribution in [1.29, 1.82) is 0 Å². The summed E-state index contributed by atoms with van der Waals surface area (Å²) >= 11 is 0. The van der Waals surface area contributed by atoms with Crippen molar-refractivity contribution in [2.45, 2.75) is 386 Å². The van der Waals surface area contributed by atoms with Gasteiger partial charge in [0, 0.05) is 19.3 Å². The first-order valence-electron chi connectivity index (χ1n) is 35.8. The van der Waals surface area contributed by atoms with Gasteiger partial charge in [0.25, 0.3) is 0 Å². The number of hydrogen-bond acceptors (Lipinski definition) is 6. The molecule has 0 saturated carbocycles. The summed E-state index contributed by atoms with van der Waals surface area (Å²) in [4.78, 5) is 38.4. The average molecular weight is 1130 g/mol. The van der Waals surface area contributed by atoms with Gasteiger partial charge in [0.2, 0.25) is 0 Å². The van der Waals surface area contributed by atoms with Crippen molar-refractivity contribution in [3.05, 3.63) is 60.8 Å². The van der Waals surface area contributed by atoms with Crippen LogP contribution >= 0.6 is 0 Å². The van der Waals surface area contributed by atoms with Gasteiger partial charge in [-0.15, -0.1) is 0 Å². The van der Waals surface area contributed by atoms with E-state index in [0.717, 1.165) is 89.9 Å². The second kappa shape index (κ2) is 69.6. The van der Waals surface area contributed by atoms with Gasteiger partial charge in [-0.1, -0.05) is 345 Å². The third-order valence-corrected chi connectivity index (χ3v) is 16.0. The molecule has 0 aliphatic rings. The van der Waals surface area contributed by atoms with Gasteiger partial charge < -0.3 is 14.2 Å². The standard InChI is InChI=1S/C75H136O6/c1-4-7-10-13-16-19-22-24-26-28-30-32-34-36-37-39-40-42-44-46-48-50-53-56-59-62-65-68-74(77)80-71-72(70-79-73(76)67-64-61-58-55-52-21-18-15-12-9-6-3)81-75(78)69-66-63-60-57-54-51-49-47-45-43-41-38-35-33-31-29-27-25-23-20-17-14-11-8-5-2/h8,11,15,17-18,20,25,27,31,33,72H,4-7,9-10,12-14,16,19,21-24,26,28-30,32,34-71H2,1-3H3/b11-8-,18-15-,20-17-,27-25-,33-31-. The van der Waals surface area contributed by atoms with Gasteiger partial charge in [-0.25, -0.2) is 0 Å². The smallest absolute Gasteiger partial charge is 0.306 e. The van der Waals surface area contributed by atoms with E-state index in [9.17, 15) is 14.4 Å². The molecule has 1 unspecified atom stereocenters. The molecule has 0 heterocycles. The van der Waals surface area contributed by atoms with Gasteiger partial charge in [0.15, 0.2) is 6.10 Å². The molecule has 0 aliphatic carbocycles. The number of rotatable bonds is 66. The molecule has 1 atom stereocenters. The lowest BCUT2D eigenvalue weighted by Crippen LogP contribution is -2.30. The van der Waals surface area contributed by atoms with Crippen molar-refractivity contribution < 1.29 is 28.6 Å². The summed E-state index contributed by atoms with van der Waals surface area (Å²) in [7, 11) is 0. The number of hydrogen-bond donors (Lipinski definition) is 0. The van der Waals surface area contributed by atoms with Crippen LogP contribution in [0.2, 0.25) is 0 Å². The summed E-state index contributed by atoms with van der Waals surface area (Å²) in [6, 6.07) is 0. The second-order valence-corrected chi connectivity index (χ2v) is 24.1. The summed E-state index contributed by atoms with van der Waals surface area (Å²) in [5.74, 6) is -0.862. The zero-order chi connectivity index (χ0) is 58.5. The minimum absolute atomic E-state index is 0.0731. The van der Waals surface area contributed by atoms with Gasteiger partial charge in [-0.3, -0.25) is 14.4 Å². The second-order valence-electron chi connectivity index (χ2n) is 24.1. The maximum Gasteiger partial charge on any atom is 0.306 e. The van der Waals surface area contributed by atoms with E-state index in [2.05, 4.69) is 81.5 Å². The van der Waals surface area contributed by atoms with Crippen molar-refractivity contribution in [2.24, 2.45) is 0 Å². The van der Waals surface area contributed by atoms with Gasteiger partial charge in [0.05, 0.1) is 0 Å². The van der Waals surface area contributed by atoms with Crippen LogP contribution < -0.4 is 0 Å². The Bertz CT molecular complexity index is 1440. The SMILES string of the molecule is CC/C=C\C/C=C\C/C=C\C/C=C\CCCCCCCCCCCCCCC(=O)OC(COC(=O)CCCCCCC/C=C\CCCC)COC(=O)CCCCCCCCCCCCCCCCCCCCCCCCCCCCC. The molecule has 0 rings (SSSR count). The summed E-state index contributed by atoms with van der Waals surface area (Å²) < 4.78 is 17.0. The molecular weight excluding hydrogens is 997 g/mol. The highest BCUT2D eigenvalue weighted by atomic mass is 16.6. The predicted molar refractivity (Wildman–Crippen MR) is 353 cm³/mol. The lowest BCUT2D eigenvalue weighted by atomic mass is 10.0. The van der Waals surface area contributed by atoms with Crippen molar-refractivity contribution >= 4 is 17.9 Å². The highest BCUT2D eigenvalue weighted by Crippen LogP contribution is 2.19. The van der Waals surface area contributed by atoms with E-state index < -0.39 is 6.10 Å². The quantitative estimate of drug-likeness (QED) is 0.0261. The Morgan fingerprint density at radius 2 is 0.494 bits per heavy atom. The Labute approximate surface area is 504 Å².